The molecule has 2 heterocycles. The van der Waals surface area contributed by atoms with Crippen molar-refractivity contribution in [2.24, 2.45) is 0 Å². The average molecular weight is 573 g/mol. The fourth-order valence-corrected chi connectivity index (χ4v) is 7.26. The summed E-state index contributed by atoms with van der Waals surface area (Å²) in [5.41, 5.74) is 9.08. The summed E-state index contributed by atoms with van der Waals surface area (Å²) in [6.45, 7) is 0. The number of nitrogens with zero attached hydrogens (tertiary/aromatic N) is 4. The van der Waals surface area contributed by atoms with E-state index in [2.05, 4.69) is 114 Å². The van der Waals surface area contributed by atoms with E-state index >= 15 is 0 Å². The number of aromatic nitrogens is 4. The van der Waals surface area contributed by atoms with Crippen molar-refractivity contribution in [3.05, 3.63) is 146 Å². The van der Waals surface area contributed by atoms with Crippen LogP contribution < -0.4 is 0 Å². The minimum Gasteiger partial charge on any atom is -0.278 e. The van der Waals surface area contributed by atoms with Crippen molar-refractivity contribution < 1.29 is 0 Å². The first-order valence-electron chi connectivity index (χ1n) is 15.2. The van der Waals surface area contributed by atoms with E-state index in [-0.39, 0.29) is 0 Å². The third-order valence-corrected chi connectivity index (χ3v) is 9.17. The summed E-state index contributed by atoms with van der Waals surface area (Å²) < 4.78 is 2.24. The second-order valence-electron chi connectivity index (χ2n) is 11.6. The van der Waals surface area contributed by atoms with E-state index in [1.54, 1.807) is 0 Å². The Bertz CT molecular complexity index is 2580. The van der Waals surface area contributed by atoms with E-state index in [0.29, 0.717) is 17.6 Å². The zero-order valence-electron chi connectivity index (χ0n) is 24.1. The quantitative estimate of drug-likeness (QED) is 0.212. The van der Waals surface area contributed by atoms with E-state index in [1.165, 1.54) is 54.6 Å². The molecular formula is C41H24N4. The van der Waals surface area contributed by atoms with Crippen LogP contribution in [0.3, 0.4) is 0 Å². The number of benzene rings is 7. The lowest BCUT2D eigenvalue weighted by Crippen LogP contribution is -2.06. The molecule has 0 saturated heterocycles. The predicted molar refractivity (Wildman–Crippen MR) is 184 cm³/mol. The van der Waals surface area contributed by atoms with Gasteiger partial charge >= 0.3 is 0 Å². The minimum atomic E-state index is 0.607. The Hall–Kier alpha value is -6.13. The first-order chi connectivity index (χ1) is 22.3. The van der Waals surface area contributed by atoms with E-state index < -0.39 is 0 Å². The molecule has 1 aliphatic rings. The molecule has 0 aliphatic heterocycles. The van der Waals surface area contributed by atoms with Crippen LogP contribution in [0.2, 0.25) is 0 Å². The maximum absolute atomic E-state index is 5.16. The molecule has 0 atom stereocenters. The fraction of sp³-hybridized carbons (Fsp3) is 0. The SMILES string of the molecule is c1ccc(-c2nc(-c3ccccc3)nc(-n3c4cccc5c4c4c6c(cccc6ccc43)-c3ccc4ccccc4c3-5)n2)cc1. The first-order valence-corrected chi connectivity index (χ1v) is 15.2. The number of hydrogen-bond acceptors (Lipinski definition) is 3. The molecule has 10 rings (SSSR count). The van der Waals surface area contributed by atoms with Gasteiger partial charge in [-0.25, -0.2) is 4.98 Å². The monoisotopic (exact) mass is 572 g/mol. The molecule has 45 heavy (non-hydrogen) atoms. The zero-order chi connectivity index (χ0) is 29.5. The highest BCUT2D eigenvalue weighted by atomic mass is 15.2. The van der Waals surface area contributed by atoms with Gasteiger partial charge in [0.05, 0.1) is 11.0 Å². The minimum absolute atomic E-state index is 0.607. The lowest BCUT2D eigenvalue weighted by atomic mass is 9.89. The lowest BCUT2D eigenvalue weighted by molar-refractivity contribution is 0.953. The summed E-state index contributed by atoms with van der Waals surface area (Å²) in [5.74, 6) is 1.90. The van der Waals surface area contributed by atoms with Crippen molar-refractivity contribution in [1.29, 1.82) is 0 Å². The van der Waals surface area contributed by atoms with Crippen LogP contribution in [0, 0.1) is 0 Å². The molecule has 0 unspecified atom stereocenters. The Morgan fingerprint density at radius 3 is 1.78 bits per heavy atom. The number of fused-ring (bicyclic) bond motifs is 5. The first kappa shape index (κ1) is 24.3. The van der Waals surface area contributed by atoms with Gasteiger partial charge in [-0.2, -0.15) is 9.97 Å². The van der Waals surface area contributed by atoms with Crippen molar-refractivity contribution in [1.82, 2.24) is 19.5 Å². The Labute approximate surface area is 258 Å². The molecule has 0 radical (unpaired) electrons. The van der Waals surface area contributed by atoms with Gasteiger partial charge in [0.15, 0.2) is 11.6 Å². The Balaban J connectivity index is 1.38. The van der Waals surface area contributed by atoms with E-state index in [9.17, 15) is 0 Å². The van der Waals surface area contributed by atoms with Crippen molar-refractivity contribution in [2.45, 2.75) is 0 Å². The Morgan fingerprint density at radius 2 is 1.00 bits per heavy atom. The van der Waals surface area contributed by atoms with Crippen LogP contribution in [0.15, 0.2) is 146 Å². The highest BCUT2D eigenvalue weighted by molar-refractivity contribution is 6.31. The van der Waals surface area contributed by atoms with Crippen molar-refractivity contribution in [2.75, 3.05) is 0 Å². The fourth-order valence-electron chi connectivity index (χ4n) is 7.26. The van der Waals surface area contributed by atoms with Crippen LogP contribution >= 0.6 is 0 Å². The smallest absolute Gasteiger partial charge is 0.238 e. The molecule has 0 spiro atoms. The third-order valence-electron chi connectivity index (χ3n) is 9.17. The maximum Gasteiger partial charge on any atom is 0.238 e. The lowest BCUT2D eigenvalue weighted by Gasteiger charge is -2.16. The van der Waals surface area contributed by atoms with Crippen LogP contribution in [0.4, 0.5) is 0 Å². The summed E-state index contributed by atoms with van der Waals surface area (Å²) >= 11 is 0. The van der Waals surface area contributed by atoms with Gasteiger partial charge in [0.2, 0.25) is 5.95 Å². The van der Waals surface area contributed by atoms with Gasteiger partial charge in [-0.05, 0) is 55.9 Å². The molecule has 0 fully saturated rings. The van der Waals surface area contributed by atoms with Gasteiger partial charge in [-0.3, -0.25) is 4.57 Å². The molecule has 0 saturated carbocycles. The van der Waals surface area contributed by atoms with Crippen molar-refractivity contribution in [3.8, 4) is 51.0 Å². The van der Waals surface area contributed by atoms with Gasteiger partial charge < -0.3 is 0 Å². The predicted octanol–water partition coefficient (Wildman–Crippen LogP) is 10.3. The van der Waals surface area contributed by atoms with Crippen LogP contribution in [-0.4, -0.2) is 19.5 Å². The van der Waals surface area contributed by atoms with E-state index in [4.69, 9.17) is 15.0 Å². The van der Waals surface area contributed by atoms with Gasteiger partial charge in [0, 0.05) is 21.9 Å². The number of rotatable bonds is 3. The average Bonchev–Trinajstić information content (AvgIpc) is 3.39. The molecule has 2 aromatic heterocycles. The zero-order valence-corrected chi connectivity index (χ0v) is 24.1. The normalized spacial score (nSPS) is 12.0. The largest absolute Gasteiger partial charge is 0.278 e. The molecule has 208 valence electrons. The van der Waals surface area contributed by atoms with E-state index in [0.717, 1.165) is 22.2 Å². The second-order valence-corrected chi connectivity index (χ2v) is 11.6. The molecule has 4 heteroatoms. The molecule has 0 N–H and O–H groups in total. The van der Waals surface area contributed by atoms with E-state index in [1.807, 2.05) is 36.4 Å². The Kier molecular flexibility index (Phi) is 4.96. The summed E-state index contributed by atoms with van der Waals surface area (Å²) in [4.78, 5) is 15.3. The molecule has 9 aromatic rings. The van der Waals surface area contributed by atoms with Crippen molar-refractivity contribution >= 4 is 43.4 Å². The highest BCUT2D eigenvalue weighted by Gasteiger charge is 2.27. The molecule has 4 nitrogen and oxygen atoms in total. The van der Waals surface area contributed by atoms with Crippen LogP contribution in [0.1, 0.15) is 0 Å². The van der Waals surface area contributed by atoms with Crippen molar-refractivity contribution in [3.63, 3.8) is 0 Å². The molecule has 1 aliphatic carbocycles. The summed E-state index contributed by atoms with van der Waals surface area (Å²) in [6.07, 6.45) is 0. The summed E-state index contributed by atoms with van der Waals surface area (Å²) in [7, 11) is 0. The second kappa shape index (κ2) is 9.18. The topological polar surface area (TPSA) is 43.6 Å². The van der Waals surface area contributed by atoms with Crippen LogP contribution in [0.5, 0.6) is 0 Å². The maximum atomic E-state index is 5.16. The van der Waals surface area contributed by atoms with Gasteiger partial charge in [0.25, 0.3) is 0 Å². The molecule has 0 bridgehead atoms. The van der Waals surface area contributed by atoms with Crippen LogP contribution in [-0.2, 0) is 0 Å². The van der Waals surface area contributed by atoms with Crippen LogP contribution in [0.25, 0.3) is 94.3 Å². The summed E-state index contributed by atoms with van der Waals surface area (Å²) in [5, 5.41) is 7.44. The van der Waals surface area contributed by atoms with Gasteiger partial charge in [-0.15, -0.1) is 0 Å². The standard InChI is InChI=1S/C41H24N4/c1-3-12-27(13-4-1)39-42-40(28-14-5-2-6-15-28)44-41(43-39)45-33-20-10-19-32-36-29-17-8-7-11-25(29)21-23-31(36)30-18-9-16-26-22-24-34(45)38(35(26)30)37(32)33/h1-24H. The molecule has 0 amide bonds. The van der Waals surface area contributed by atoms with Gasteiger partial charge in [-0.1, -0.05) is 133 Å². The molecule has 7 aromatic carbocycles. The Morgan fingerprint density at radius 1 is 0.378 bits per heavy atom. The van der Waals surface area contributed by atoms with Gasteiger partial charge in [0.1, 0.15) is 0 Å². The molecular weight excluding hydrogens is 548 g/mol. The number of hydrogen-bond donors (Lipinski definition) is 0. The third kappa shape index (κ3) is 3.45. The summed E-state index contributed by atoms with van der Waals surface area (Å²) in [6, 6.07) is 51.4. The highest BCUT2D eigenvalue weighted by Crippen LogP contribution is 2.51.